The summed E-state index contributed by atoms with van der Waals surface area (Å²) < 4.78 is 0. The van der Waals surface area contributed by atoms with Gasteiger partial charge >= 0.3 is 0 Å². The summed E-state index contributed by atoms with van der Waals surface area (Å²) in [7, 11) is 0. The standard InChI is InChI=1S/C20H17N5/c1-14-8-9-17(23-13-14)20-24-18(15-6-2-4-10-21-15)12-19(25-20)16-7-3-5-11-22-16/h2-13,17,23H,1H3. The smallest absolute Gasteiger partial charge is 0.155 e. The zero-order valence-corrected chi connectivity index (χ0v) is 13.8. The van der Waals surface area contributed by atoms with Gasteiger partial charge in [0.1, 0.15) is 6.04 Å². The number of aromatic nitrogens is 4. The highest BCUT2D eigenvalue weighted by atomic mass is 15.0. The molecule has 3 aromatic rings. The Kier molecular flexibility index (Phi) is 4.04. The number of rotatable bonds is 3. The molecule has 0 aromatic carbocycles. The summed E-state index contributed by atoms with van der Waals surface area (Å²) in [6.45, 7) is 2.05. The fourth-order valence-electron chi connectivity index (χ4n) is 2.63. The molecule has 25 heavy (non-hydrogen) atoms. The Morgan fingerprint density at radius 1 is 0.840 bits per heavy atom. The van der Waals surface area contributed by atoms with E-state index < -0.39 is 0 Å². The second-order valence-corrected chi connectivity index (χ2v) is 5.82. The van der Waals surface area contributed by atoms with Crippen LogP contribution in [0.2, 0.25) is 0 Å². The minimum atomic E-state index is -0.0742. The van der Waals surface area contributed by atoms with E-state index in [1.165, 1.54) is 5.57 Å². The Morgan fingerprint density at radius 2 is 1.48 bits per heavy atom. The summed E-state index contributed by atoms with van der Waals surface area (Å²) in [6, 6.07) is 13.4. The van der Waals surface area contributed by atoms with E-state index in [2.05, 4.69) is 27.4 Å². The van der Waals surface area contributed by atoms with E-state index in [9.17, 15) is 0 Å². The van der Waals surface area contributed by atoms with Crippen LogP contribution in [-0.4, -0.2) is 19.9 Å². The minimum Gasteiger partial charge on any atom is -0.378 e. The first kappa shape index (κ1) is 15.2. The summed E-state index contributed by atoms with van der Waals surface area (Å²) in [6.07, 6.45) is 9.64. The van der Waals surface area contributed by atoms with Crippen LogP contribution in [0.3, 0.4) is 0 Å². The molecule has 5 heteroatoms. The van der Waals surface area contributed by atoms with E-state index in [0.717, 1.165) is 22.8 Å². The maximum absolute atomic E-state index is 4.73. The number of allylic oxidation sites excluding steroid dienone is 2. The molecular weight excluding hydrogens is 310 g/mol. The van der Waals surface area contributed by atoms with Gasteiger partial charge in [-0.2, -0.15) is 0 Å². The third-order valence-electron chi connectivity index (χ3n) is 3.92. The first-order valence-electron chi connectivity index (χ1n) is 8.12. The molecule has 1 aliphatic rings. The highest BCUT2D eigenvalue weighted by molar-refractivity contribution is 5.63. The SMILES string of the molecule is CC1=CNC(c2nc(-c3ccccn3)cc(-c3ccccn3)n2)C=C1. The molecule has 1 atom stereocenters. The lowest BCUT2D eigenvalue weighted by Gasteiger charge is -2.17. The van der Waals surface area contributed by atoms with Crippen molar-refractivity contribution in [3.8, 4) is 22.8 Å². The molecule has 0 saturated heterocycles. The summed E-state index contributed by atoms with van der Waals surface area (Å²) in [5.74, 6) is 0.698. The molecule has 0 radical (unpaired) electrons. The van der Waals surface area contributed by atoms with E-state index in [4.69, 9.17) is 9.97 Å². The number of hydrogen-bond acceptors (Lipinski definition) is 5. The molecular formula is C20H17N5. The van der Waals surface area contributed by atoms with Crippen LogP contribution in [0.1, 0.15) is 18.8 Å². The molecule has 1 aliphatic heterocycles. The van der Waals surface area contributed by atoms with Crippen LogP contribution in [0.4, 0.5) is 0 Å². The molecule has 0 saturated carbocycles. The maximum Gasteiger partial charge on any atom is 0.155 e. The van der Waals surface area contributed by atoms with Gasteiger partial charge in [0.05, 0.1) is 22.8 Å². The Bertz CT molecular complexity index is 875. The van der Waals surface area contributed by atoms with Gasteiger partial charge in [-0.3, -0.25) is 9.97 Å². The van der Waals surface area contributed by atoms with Crippen LogP contribution < -0.4 is 5.32 Å². The Morgan fingerprint density at radius 3 is 1.96 bits per heavy atom. The molecule has 5 nitrogen and oxygen atoms in total. The van der Waals surface area contributed by atoms with Gasteiger partial charge in [0, 0.05) is 18.6 Å². The second-order valence-electron chi connectivity index (χ2n) is 5.82. The lowest BCUT2D eigenvalue weighted by Crippen LogP contribution is -2.19. The topological polar surface area (TPSA) is 63.6 Å². The normalized spacial score (nSPS) is 16.2. The monoisotopic (exact) mass is 327 g/mol. The highest BCUT2D eigenvalue weighted by Crippen LogP contribution is 2.24. The number of nitrogens with one attached hydrogen (secondary N) is 1. The highest BCUT2D eigenvalue weighted by Gasteiger charge is 2.16. The van der Waals surface area contributed by atoms with E-state index in [1.807, 2.05) is 55.6 Å². The predicted octanol–water partition coefficient (Wildman–Crippen LogP) is 3.70. The quantitative estimate of drug-likeness (QED) is 0.794. The lowest BCUT2D eigenvalue weighted by molar-refractivity contribution is 0.687. The minimum absolute atomic E-state index is 0.0742. The van der Waals surface area contributed by atoms with E-state index in [-0.39, 0.29) is 6.04 Å². The van der Waals surface area contributed by atoms with Crippen molar-refractivity contribution >= 4 is 0 Å². The molecule has 122 valence electrons. The number of dihydropyridines is 1. The zero-order valence-electron chi connectivity index (χ0n) is 13.8. The summed E-state index contributed by atoms with van der Waals surface area (Å²) in [5, 5.41) is 3.33. The van der Waals surface area contributed by atoms with Gasteiger partial charge in [-0.05, 0) is 42.8 Å². The van der Waals surface area contributed by atoms with Crippen LogP contribution in [-0.2, 0) is 0 Å². The van der Waals surface area contributed by atoms with E-state index in [0.29, 0.717) is 5.82 Å². The zero-order chi connectivity index (χ0) is 17.1. The van der Waals surface area contributed by atoms with Crippen molar-refractivity contribution in [3.63, 3.8) is 0 Å². The van der Waals surface area contributed by atoms with Crippen molar-refractivity contribution < 1.29 is 0 Å². The largest absolute Gasteiger partial charge is 0.378 e. The van der Waals surface area contributed by atoms with Gasteiger partial charge in [-0.1, -0.05) is 24.3 Å². The summed E-state index contributed by atoms with van der Waals surface area (Å²) in [4.78, 5) is 18.3. The van der Waals surface area contributed by atoms with E-state index in [1.54, 1.807) is 12.4 Å². The fraction of sp³-hybridized carbons (Fsp3) is 0.100. The van der Waals surface area contributed by atoms with Crippen LogP contribution in [0.25, 0.3) is 22.8 Å². The fourth-order valence-corrected chi connectivity index (χ4v) is 2.63. The number of hydrogen-bond donors (Lipinski definition) is 1. The molecule has 4 rings (SSSR count). The van der Waals surface area contributed by atoms with Crippen LogP contribution in [0, 0.1) is 0 Å². The Hall–Kier alpha value is -3.34. The summed E-state index contributed by atoms with van der Waals surface area (Å²) >= 11 is 0. The van der Waals surface area contributed by atoms with Gasteiger partial charge in [0.15, 0.2) is 5.82 Å². The van der Waals surface area contributed by atoms with Crippen molar-refractivity contribution in [3.05, 3.63) is 84.6 Å². The molecule has 1 unspecified atom stereocenters. The average Bonchev–Trinajstić information content (AvgIpc) is 2.69. The molecule has 3 aromatic heterocycles. The third-order valence-corrected chi connectivity index (χ3v) is 3.92. The van der Waals surface area contributed by atoms with Gasteiger partial charge in [0.2, 0.25) is 0 Å². The first-order chi connectivity index (χ1) is 12.3. The molecule has 0 spiro atoms. The van der Waals surface area contributed by atoms with Crippen LogP contribution in [0.15, 0.2) is 78.8 Å². The molecule has 0 aliphatic carbocycles. The van der Waals surface area contributed by atoms with Crippen molar-refractivity contribution in [2.45, 2.75) is 13.0 Å². The van der Waals surface area contributed by atoms with Crippen molar-refractivity contribution in [2.24, 2.45) is 0 Å². The first-order valence-corrected chi connectivity index (χ1v) is 8.12. The number of nitrogens with zero attached hydrogens (tertiary/aromatic N) is 4. The van der Waals surface area contributed by atoms with Crippen molar-refractivity contribution in [1.29, 1.82) is 0 Å². The van der Waals surface area contributed by atoms with Gasteiger partial charge < -0.3 is 5.32 Å². The third kappa shape index (κ3) is 3.30. The van der Waals surface area contributed by atoms with Crippen LogP contribution in [0.5, 0.6) is 0 Å². The van der Waals surface area contributed by atoms with Crippen molar-refractivity contribution in [1.82, 2.24) is 25.3 Å². The average molecular weight is 327 g/mol. The molecule has 0 bridgehead atoms. The Labute approximate surface area is 146 Å². The van der Waals surface area contributed by atoms with Gasteiger partial charge in [0.25, 0.3) is 0 Å². The van der Waals surface area contributed by atoms with Gasteiger partial charge in [-0.15, -0.1) is 0 Å². The second kappa shape index (κ2) is 6.65. The molecule has 0 amide bonds. The van der Waals surface area contributed by atoms with E-state index >= 15 is 0 Å². The number of pyridine rings is 2. The van der Waals surface area contributed by atoms with Crippen LogP contribution >= 0.6 is 0 Å². The molecule has 1 N–H and O–H groups in total. The predicted molar refractivity (Wildman–Crippen MR) is 97.3 cm³/mol. The Balaban J connectivity index is 1.82. The van der Waals surface area contributed by atoms with Gasteiger partial charge in [-0.25, -0.2) is 9.97 Å². The maximum atomic E-state index is 4.73. The molecule has 4 heterocycles. The summed E-state index contributed by atoms with van der Waals surface area (Å²) in [5.41, 5.74) is 4.37. The molecule has 0 fully saturated rings. The van der Waals surface area contributed by atoms with Crippen molar-refractivity contribution in [2.75, 3.05) is 0 Å². The lowest BCUT2D eigenvalue weighted by atomic mass is 10.1.